The van der Waals surface area contributed by atoms with Gasteiger partial charge in [-0.2, -0.15) is 5.10 Å². The number of nitrogens with zero attached hydrogens (tertiary/aromatic N) is 1. The van der Waals surface area contributed by atoms with Crippen LogP contribution in [0.4, 0.5) is 5.82 Å². The van der Waals surface area contributed by atoms with Gasteiger partial charge in [-0.15, -0.1) is 11.3 Å². The van der Waals surface area contributed by atoms with Crippen LogP contribution in [0.25, 0.3) is 21.7 Å². The van der Waals surface area contributed by atoms with Gasteiger partial charge in [0.25, 0.3) is 0 Å². The summed E-state index contributed by atoms with van der Waals surface area (Å²) in [6, 6.07) is 7.82. The Labute approximate surface area is 131 Å². The molecule has 3 aromatic rings. The summed E-state index contributed by atoms with van der Waals surface area (Å²) in [6.07, 6.45) is 0. The molecule has 0 radical (unpaired) electrons. The van der Waals surface area contributed by atoms with Gasteiger partial charge in [-0.1, -0.05) is 23.7 Å². The molecule has 2 heterocycles. The van der Waals surface area contributed by atoms with Gasteiger partial charge in [0, 0.05) is 0 Å². The summed E-state index contributed by atoms with van der Waals surface area (Å²) in [5.41, 5.74) is 9.73. The zero-order valence-corrected chi connectivity index (χ0v) is 13.2. The number of rotatable bonds is 3. The van der Waals surface area contributed by atoms with Crippen molar-refractivity contribution in [3.05, 3.63) is 40.2 Å². The second-order valence-corrected chi connectivity index (χ2v) is 5.96. The number of nitrogen functional groups attached to an aromatic ring is 1. The van der Waals surface area contributed by atoms with Crippen molar-refractivity contribution in [2.45, 2.75) is 6.92 Å². The monoisotopic (exact) mass is 319 g/mol. The number of aromatic nitrogens is 2. The van der Waals surface area contributed by atoms with E-state index >= 15 is 0 Å². The van der Waals surface area contributed by atoms with Crippen molar-refractivity contribution in [3.63, 3.8) is 0 Å². The second kappa shape index (κ2) is 5.42. The van der Waals surface area contributed by atoms with Gasteiger partial charge in [-0.3, -0.25) is 5.10 Å². The van der Waals surface area contributed by atoms with E-state index in [4.69, 9.17) is 22.1 Å². The number of H-pyrrole nitrogens is 1. The van der Waals surface area contributed by atoms with Crippen molar-refractivity contribution in [1.82, 2.24) is 10.2 Å². The van der Waals surface area contributed by atoms with Crippen LogP contribution in [0.5, 0.6) is 5.75 Å². The minimum absolute atomic E-state index is 0.445. The lowest BCUT2D eigenvalue weighted by Crippen LogP contribution is -1.91. The minimum atomic E-state index is 0.445. The highest BCUT2D eigenvalue weighted by atomic mass is 35.5. The van der Waals surface area contributed by atoms with E-state index in [0.717, 1.165) is 33.0 Å². The summed E-state index contributed by atoms with van der Waals surface area (Å²) in [5.74, 6) is 1.26. The van der Waals surface area contributed by atoms with Crippen LogP contribution in [0.1, 0.15) is 5.56 Å². The standard InChI is InChI=1S/C15H14ClN3OS/c1-8-3-4-9(7-11(8)20-2)12-13(18-19-15(12)17)14-10(16)5-6-21-14/h3-7H,1-2H3,(H3,17,18,19). The first-order valence-corrected chi connectivity index (χ1v) is 7.59. The lowest BCUT2D eigenvalue weighted by molar-refractivity contribution is 0.412. The molecule has 3 N–H and O–H groups in total. The van der Waals surface area contributed by atoms with Crippen LogP contribution in [0, 0.1) is 6.92 Å². The van der Waals surface area contributed by atoms with Crippen molar-refractivity contribution in [2.24, 2.45) is 0 Å². The summed E-state index contributed by atoms with van der Waals surface area (Å²) in [4.78, 5) is 0.926. The molecule has 0 atom stereocenters. The van der Waals surface area contributed by atoms with Crippen molar-refractivity contribution in [1.29, 1.82) is 0 Å². The number of halogens is 1. The molecular weight excluding hydrogens is 306 g/mol. The van der Waals surface area contributed by atoms with Gasteiger partial charge in [0.15, 0.2) is 5.82 Å². The fourth-order valence-corrected chi connectivity index (χ4v) is 3.41. The number of aromatic amines is 1. The van der Waals surface area contributed by atoms with E-state index in [1.54, 1.807) is 18.4 Å². The molecule has 0 bridgehead atoms. The molecule has 0 aliphatic heterocycles. The highest BCUT2D eigenvalue weighted by molar-refractivity contribution is 7.14. The summed E-state index contributed by atoms with van der Waals surface area (Å²) < 4.78 is 5.38. The Morgan fingerprint density at radius 1 is 1.33 bits per heavy atom. The second-order valence-electron chi connectivity index (χ2n) is 4.64. The molecular formula is C15H14ClN3OS. The molecule has 21 heavy (non-hydrogen) atoms. The first-order chi connectivity index (χ1) is 10.1. The lowest BCUT2D eigenvalue weighted by Gasteiger charge is -2.08. The normalized spacial score (nSPS) is 10.8. The Balaban J connectivity index is 2.19. The predicted molar refractivity (Wildman–Crippen MR) is 88.0 cm³/mol. The van der Waals surface area contributed by atoms with Gasteiger partial charge in [0.2, 0.25) is 0 Å². The topological polar surface area (TPSA) is 63.9 Å². The molecule has 0 fully saturated rings. The smallest absolute Gasteiger partial charge is 0.153 e. The third-order valence-corrected chi connectivity index (χ3v) is 4.69. The van der Waals surface area contributed by atoms with Crippen LogP contribution < -0.4 is 10.5 Å². The zero-order chi connectivity index (χ0) is 15.0. The fraction of sp³-hybridized carbons (Fsp3) is 0.133. The quantitative estimate of drug-likeness (QED) is 0.754. The SMILES string of the molecule is COc1cc(-c2c(N)n[nH]c2-c2sccc2Cl)ccc1C. The molecule has 0 spiro atoms. The molecule has 3 rings (SSSR count). The van der Waals surface area contributed by atoms with Crippen LogP contribution in [-0.2, 0) is 0 Å². The minimum Gasteiger partial charge on any atom is -0.496 e. The van der Waals surface area contributed by atoms with E-state index in [2.05, 4.69) is 10.2 Å². The fourth-order valence-electron chi connectivity index (χ4n) is 2.26. The maximum absolute atomic E-state index is 6.22. The number of hydrogen-bond acceptors (Lipinski definition) is 4. The molecule has 0 amide bonds. The zero-order valence-electron chi connectivity index (χ0n) is 11.6. The highest BCUT2D eigenvalue weighted by Gasteiger charge is 2.18. The number of nitrogens with two attached hydrogens (primary N) is 1. The van der Waals surface area contributed by atoms with E-state index in [1.807, 2.05) is 36.6 Å². The van der Waals surface area contributed by atoms with Crippen LogP contribution in [0.3, 0.4) is 0 Å². The van der Waals surface area contributed by atoms with Crippen LogP contribution >= 0.6 is 22.9 Å². The molecule has 0 unspecified atom stereocenters. The predicted octanol–water partition coefficient (Wildman–Crippen LogP) is 4.36. The molecule has 0 saturated heterocycles. The van der Waals surface area contributed by atoms with Crippen molar-refractivity contribution in [3.8, 4) is 27.4 Å². The largest absolute Gasteiger partial charge is 0.496 e. The number of nitrogens with one attached hydrogen (secondary N) is 1. The number of thiophene rings is 1. The number of anilines is 1. The molecule has 4 nitrogen and oxygen atoms in total. The Kier molecular flexibility index (Phi) is 3.61. The van der Waals surface area contributed by atoms with E-state index in [0.29, 0.717) is 10.8 Å². The van der Waals surface area contributed by atoms with E-state index in [9.17, 15) is 0 Å². The molecule has 1 aromatic carbocycles. The molecule has 108 valence electrons. The van der Waals surface area contributed by atoms with Crippen molar-refractivity contribution in [2.75, 3.05) is 12.8 Å². The Hall–Kier alpha value is -1.98. The first-order valence-electron chi connectivity index (χ1n) is 6.34. The van der Waals surface area contributed by atoms with Crippen LogP contribution in [0.15, 0.2) is 29.6 Å². The number of benzene rings is 1. The van der Waals surface area contributed by atoms with Gasteiger partial charge in [0.1, 0.15) is 5.75 Å². The molecule has 0 aliphatic rings. The van der Waals surface area contributed by atoms with Crippen molar-refractivity contribution < 1.29 is 4.74 Å². The Bertz CT molecular complexity index is 794. The van der Waals surface area contributed by atoms with Crippen LogP contribution in [-0.4, -0.2) is 17.3 Å². The van der Waals surface area contributed by atoms with Gasteiger partial charge in [-0.25, -0.2) is 0 Å². The summed E-state index contributed by atoms with van der Waals surface area (Å²) in [7, 11) is 1.65. The average Bonchev–Trinajstić information content (AvgIpc) is 3.05. The maximum Gasteiger partial charge on any atom is 0.153 e. The lowest BCUT2D eigenvalue weighted by atomic mass is 10.0. The molecule has 2 aromatic heterocycles. The third kappa shape index (κ3) is 2.39. The number of ether oxygens (including phenoxy) is 1. The van der Waals surface area contributed by atoms with E-state index in [1.165, 1.54) is 0 Å². The molecule has 0 aliphatic carbocycles. The van der Waals surface area contributed by atoms with E-state index in [-0.39, 0.29) is 0 Å². The number of methoxy groups -OCH3 is 1. The molecule has 6 heteroatoms. The Morgan fingerprint density at radius 3 is 2.81 bits per heavy atom. The number of hydrogen-bond donors (Lipinski definition) is 2. The Morgan fingerprint density at radius 2 is 2.14 bits per heavy atom. The first kappa shape index (κ1) is 14.0. The maximum atomic E-state index is 6.22. The van der Waals surface area contributed by atoms with Gasteiger partial charge in [0.05, 0.1) is 28.3 Å². The van der Waals surface area contributed by atoms with Gasteiger partial charge in [-0.05, 0) is 35.6 Å². The third-order valence-electron chi connectivity index (χ3n) is 3.34. The van der Waals surface area contributed by atoms with E-state index < -0.39 is 0 Å². The van der Waals surface area contributed by atoms with Crippen LogP contribution in [0.2, 0.25) is 5.02 Å². The summed E-state index contributed by atoms with van der Waals surface area (Å²) in [5, 5.41) is 9.73. The number of aryl methyl sites for hydroxylation is 1. The highest BCUT2D eigenvalue weighted by Crippen LogP contribution is 2.41. The van der Waals surface area contributed by atoms with Gasteiger partial charge < -0.3 is 10.5 Å². The average molecular weight is 320 g/mol. The summed E-state index contributed by atoms with van der Waals surface area (Å²) in [6.45, 7) is 2.00. The molecule has 0 saturated carbocycles. The van der Waals surface area contributed by atoms with Crippen molar-refractivity contribution >= 4 is 28.8 Å². The summed E-state index contributed by atoms with van der Waals surface area (Å²) >= 11 is 7.77. The van der Waals surface area contributed by atoms with Gasteiger partial charge >= 0.3 is 0 Å².